The van der Waals surface area contributed by atoms with E-state index >= 15 is 0 Å². The molecule has 0 unspecified atom stereocenters. The van der Waals surface area contributed by atoms with Crippen molar-refractivity contribution in [3.63, 3.8) is 0 Å². The van der Waals surface area contributed by atoms with Gasteiger partial charge < -0.3 is 15.0 Å². The summed E-state index contributed by atoms with van der Waals surface area (Å²) >= 11 is 1.61. The molecule has 1 N–H and O–H groups in total. The van der Waals surface area contributed by atoms with Crippen molar-refractivity contribution in [2.75, 3.05) is 18.8 Å². The first-order chi connectivity index (χ1) is 10.5. The molecule has 2 rings (SSSR count). The van der Waals surface area contributed by atoms with Gasteiger partial charge in [-0.3, -0.25) is 4.79 Å². The minimum atomic E-state index is -0.228. The molecule has 0 aromatic rings. The first kappa shape index (κ1) is 16.9. The van der Waals surface area contributed by atoms with Crippen molar-refractivity contribution in [1.82, 2.24) is 10.2 Å². The molecule has 6 heteroatoms. The van der Waals surface area contributed by atoms with E-state index in [1.54, 1.807) is 17.8 Å². The van der Waals surface area contributed by atoms with Gasteiger partial charge in [-0.2, -0.15) is 0 Å². The van der Waals surface area contributed by atoms with Crippen molar-refractivity contribution in [3.8, 4) is 0 Å². The second-order valence-electron chi connectivity index (χ2n) is 5.71. The van der Waals surface area contributed by atoms with Crippen molar-refractivity contribution >= 4 is 23.6 Å². The van der Waals surface area contributed by atoms with Gasteiger partial charge in [0.2, 0.25) is 5.91 Å². The number of unbranched alkanes of at least 4 members (excludes halogenated alkanes) is 1. The predicted molar refractivity (Wildman–Crippen MR) is 88.0 cm³/mol. The lowest BCUT2D eigenvalue weighted by atomic mass is 10.2. The highest BCUT2D eigenvalue weighted by atomic mass is 32.2. The summed E-state index contributed by atoms with van der Waals surface area (Å²) < 4.78 is 5.29. The van der Waals surface area contributed by atoms with Gasteiger partial charge in [-0.05, 0) is 20.3 Å². The van der Waals surface area contributed by atoms with Gasteiger partial charge in [0.1, 0.15) is 0 Å². The fourth-order valence-corrected chi connectivity index (χ4v) is 3.69. The van der Waals surface area contributed by atoms with E-state index in [0.717, 1.165) is 41.4 Å². The molecule has 1 amide bonds. The Morgan fingerprint density at radius 1 is 1.45 bits per heavy atom. The number of amides is 1. The van der Waals surface area contributed by atoms with Crippen molar-refractivity contribution in [1.29, 1.82) is 0 Å². The second-order valence-corrected chi connectivity index (χ2v) is 6.67. The fraction of sp³-hybridized carbons (Fsp3) is 0.625. The molecule has 1 fully saturated rings. The quantitative estimate of drug-likeness (QED) is 0.462. The van der Waals surface area contributed by atoms with Crippen LogP contribution in [0, 0.1) is 0 Å². The summed E-state index contributed by atoms with van der Waals surface area (Å²) in [4.78, 5) is 26.0. The van der Waals surface area contributed by atoms with E-state index in [9.17, 15) is 9.59 Å². The van der Waals surface area contributed by atoms with Crippen LogP contribution in [0.15, 0.2) is 22.4 Å². The Morgan fingerprint density at radius 3 is 2.91 bits per heavy atom. The normalized spacial score (nSPS) is 19.1. The van der Waals surface area contributed by atoms with Crippen LogP contribution >= 0.6 is 11.8 Å². The van der Waals surface area contributed by atoms with E-state index in [1.165, 1.54) is 0 Å². The van der Waals surface area contributed by atoms with Crippen molar-refractivity contribution in [3.05, 3.63) is 22.4 Å². The van der Waals surface area contributed by atoms with Gasteiger partial charge in [-0.1, -0.05) is 13.3 Å². The maximum atomic E-state index is 12.1. The summed E-state index contributed by atoms with van der Waals surface area (Å²) in [6.07, 6.45) is 4.28. The summed E-state index contributed by atoms with van der Waals surface area (Å²) in [6, 6.07) is 0. The molecule has 122 valence electrons. The Labute approximate surface area is 136 Å². The van der Waals surface area contributed by atoms with E-state index in [2.05, 4.69) is 17.1 Å². The molecule has 0 saturated carbocycles. The Morgan fingerprint density at radius 2 is 2.23 bits per heavy atom. The molecule has 0 spiro atoms. The number of ether oxygens (including phenoxy) is 1. The van der Waals surface area contributed by atoms with E-state index < -0.39 is 0 Å². The third-order valence-corrected chi connectivity index (χ3v) is 4.69. The van der Waals surface area contributed by atoms with Gasteiger partial charge in [-0.15, -0.1) is 11.8 Å². The Balaban J connectivity index is 2.01. The first-order valence-corrected chi connectivity index (χ1v) is 8.84. The molecule has 0 bridgehead atoms. The Kier molecular flexibility index (Phi) is 5.94. The van der Waals surface area contributed by atoms with E-state index in [-0.39, 0.29) is 18.0 Å². The SMILES string of the molecule is CCCCNC(=O)C=C1CSC2=C(C(=O)OC(C)C)CCN12. The van der Waals surface area contributed by atoms with Crippen LogP contribution in [0.4, 0.5) is 0 Å². The molecule has 0 aliphatic carbocycles. The van der Waals surface area contributed by atoms with Crippen LogP contribution in [-0.4, -0.2) is 41.7 Å². The number of carbonyl (C=O) groups excluding carboxylic acids is 2. The van der Waals surface area contributed by atoms with Gasteiger partial charge in [-0.25, -0.2) is 4.79 Å². The molecular formula is C16H24N2O3S. The molecular weight excluding hydrogens is 300 g/mol. The summed E-state index contributed by atoms with van der Waals surface area (Å²) in [6.45, 7) is 7.25. The van der Waals surface area contributed by atoms with Crippen LogP contribution in [0.25, 0.3) is 0 Å². The molecule has 5 nitrogen and oxygen atoms in total. The molecule has 2 aliphatic rings. The number of carbonyl (C=O) groups is 2. The third-order valence-electron chi connectivity index (χ3n) is 3.51. The van der Waals surface area contributed by atoms with Gasteiger partial charge in [0, 0.05) is 37.0 Å². The zero-order chi connectivity index (χ0) is 16.1. The third kappa shape index (κ3) is 4.06. The Hall–Kier alpha value is -1.43. The van der Waals surface area contributed by atoms with Crippen LogP contribution in [0.2, 0.25) is 0 Å². The lowest BCUT2D eigenvalue weighted by Gasteiger charge is -2.14. The van der Waals surface area contributed by atoms with Crippen LogP contribution in [0.3, 0.4) is 0 Å². The number of thioether (sulfide) groups is 1. The zero-order valence-corrected chi connectivity index (χ0v) is 14.3. The number of hydrogen-bond acceptors (Lipinski definition) is 5. The molecule has 1 saturated heterocycles. The highest BCUT2D eigenvalue weighted by Crippen LogP contribution is 2.42. The molecule has 0 aromatic carbocycles. The monoisotopic (exact) mass is 324 g/mol. The fourth-order valence-electron chi connectivity index (χ4n) is 2.44. The average Bonchev–Trinajstić information content (AvgIpc) is 3.01. The summed E-state index contributed by atoms with van der Waals surface area (Å²) in [5.74, 6) is 0.451. The van der Waals surface area contributed by atoms with Crippen LogP contribution in [-0.2, 0) is 14.3 Å². The second kappa shape index (κ2) is 7.72. The van der Waals surface area contributed by atoms with E-state index in [0.29, 0.717) is 13.0 Å². The molecule has 2 heterocycles. The minimum Gasteiger partial charge on any atom is -0.460 e. The maximum Gasteiger partial charge on any atom is 0.336 e. The summed E-state index contributed by atoms with van der Waals surface area (Å²) in [5.41, 5.74) is 1.72. The molecule has 0 radical (unpaired) electrons. The predicted octanol–water partition coefficient (Wildman–Crippen LogP) is 2.40. The summed E-state index contributed by atoms with van der Waals surface area (Å²) in [7, 11) is 0. The smallest absolute Gasteiger partial charge is 0.336 e. The number of hydrogen-bond donors (Lipinski definition) is 1. The van der Waals surface area contributed by atoms with E-state index in [4.69, 9.17) is 4.74 Å². The van der Waals surface area contributed by atoms with E-state index in [1.807, 2.05) is 13.8 Å². The average molecular weight is 324 g/mol. The number of nitrogens with zero attached hydrogens (tertiary/aromatic N) is 1. The van der Waals surface area contributed by atoms with Crippen molar-refractivity contribution < 1.29 is 14.3 Å². The largest absolute Gasteiger partial charge is 0.460 e. The van der Waals surface area contributed by atoms with Crippen LogP contribution in [0.5, 0.6) is 0 Å². The molecule has 22 heavy (non-hydrogen) atoms. The number of esters is 1. The van der Waals surface area contributed by atoms with Crippen LogP contribution in [0.1, 0.15) is 40.0 Å². The lowest BCUT2D eigenvalue weighted by Crippen LogP contribution is -2.24. The molecule has 2 aliphatic heterocycles. The number of fused-ring (bicyclic) bond motifs is 1. The van der Waals surface area contributed by atoms with Crippen molar-refractivity contribution in [2.45, 2.75) is 46.1 Å². The summed E-state index contributed by atoms with van der Waals surface area (Å²) in [5, 5.41) is 3.85. The van der Waals surface area contributed by atoms with Gasteiger partial charge >= 0.3 is 5.97 Å². The first-order valence-electron chi connectivity index (χ1n) is 7.85. The zero-order valence-electron chi connectivity index (χ0n) is 13.5. The number of rotatable bonds is 6. The van der Waals surface area contributed by atoms with Crippen LogP contribution < -0.4 is 5.32 Å². The van der Waals surface area contributed by atoms with Gasteiger partial charge in [0.15, 0.2) is 0 Å². The highest BCUT2D eigenvalue weighted by Gasteiger charge is 2.35. The van der Waals surface area contributed by atoms with Gasteiger partial charge in [0.25, 0.3) is 0 Å². The maximum absolute atomic E-state index is 12.1. The highest BCUT2D eigenvalue weighted by molar-refractivity contribution is 8.03. The topological polar surface area (TPSA) is 58.6 Å². The van der Waals surface area contributed by atoms with Crippen molar-refractivity contribution in [2.24, 2.45) is 0 Å². The molecule has 0 atom stereocenters. The molecule has 0 aromatic heterocycles. The number of nitrogens with one attached hydrogen (secondary N) is 1. The van der Waals surface area contributed by atoms with Gasteiger partial charge in [0.05, 0.1) is 16.7 Å². The standard InChI is InChI=1S/C16H24N2O3S/c1-4-5-7-17-14(19)9-12-10-22-15-13(6-8-18(12)15)16(20)21-11(2)3/h9,11H,4-8,10H2,1-3H3,(H,17,19). The Bertz CT molecular complexity index is 512. The minimum absolute atomic E-state index is 0.0523. The lowest BCUT2D eigenvalue weighted by molar-refractivity contribution is -0.142.